The molecule has 9 heteroatoms. The molecule has 3 aromatic rings. The number of ether oxygens (including phenoxy) is 5. The lowest BCUT2D eigenvalue weighted by atomic mass is 9.88. The number of hydrogen-bond donors (Lipinski definition) is 1. The lowest BCUT2D eigenvalue weighted by Crippen LogP contribution is -2.39. The minimum atomic E-state index is -1.02. The van der Waals surface area contributed by atoms with E-state index in [1.165, 1.54) is 14.2 Å². The number of carbonyl (C=O) groups is 3. The van der Waals surface area contributed by atoms with Gasteiger partial charge in [0.2, 0.25) is 0 Å². The molecule has 0 spiro atoms. The van der Waals surface area contributed by atoms with Crippen molar-refractivity contribution in [3.8, 4) is 11.5 Å². The van der Waals surface area contributed by atoms with Gasteiger partial charge in [0.1, 0.15) is 31.3 Å². The third kappa shape index (κ3) is 8.05. The minimum absolute atomic E-state index is 0.146. The van der Waals surface area contributed by atoms with Gasteiger partial charge in [0.05, 0.1) is 42.9 Å². The van der Waals surface area contributed by atoms with Crippen LogP contribution in [0.5, 0.6) is 11.5 Å². The Kier molecular flexibility index (Phi) is 10.5. The van der Waals surface area contributed by atoms with Gasteiger partial charge in [-0.25, -0.2) is 14.4 Å². The largest absolute Gasteiger partial charge is 0.497 e. The molecule has 0 radical (unpaired) electrons. The van der Waals surface area contributed by atoms with Crippen LogP contribution in [0, 0.1) is 5.41 Å². The maximum Gasteiger partial charge on any atom is 0.338 e. The molecule has 0 aromatic heterocycles. The summed E-state index contributed by atoms with van der Waals surface area (Å²) in [4.78, 5) is 38.3. The highest BCUT2D eigenvalue weighted by atomic mass is 16.6. The van der Waals surface area contributed by atoms with Crippen LogP contribution in [0.2, 0.25) is 0 Å². The highest BCUT2D eigenvalue weighted by Crippen LogP contribution is 2.26. The van der Waals surface area contributed by atoms with Crippen molar-refractivity contribution in [2.24, 2.45) is 5.41 Å². The molecule has 9 nitrogen and oxygen atoms in total. The second-order valence-corrected chi connectivity index (χ2v) is 8.90. The molecular weight excluding hydrogens is 504 g/mol. The molecule has 3 aromatic carbocycles. The Hall–Kier alpha value is -4.37. The van der Waals surface area contributed by atoms with Gasteiger partial charge in [0.25, 0.3) is 0 Å². The number of esters is 3. The lowest BCUT2D eigenvalue weighted by molar-refractivity contribution is -0.0381. The van der Waals surface area contributed by atoms with Gasteiger partial charge < -0.3 is 28.8 Å². The first kappa shape index (κ1) is 29.2. The molecule has 0 heterocycles. The van der Waals surface area contributed by atoms with Gasteiger partial charge in [0, 0.05) is 0 Å². The van der Waals surface area contributed by atoms with E-state index < -0.39 is 23.3 Å². The molecule has 1 atom stereocenters. The van der Waals surface area contributed by atoms with E-state index in [9.17, 15) is 19.5 Å². The Morgan fingerprint density at radius 1 is 0.667 bits per heavy atom. The van der Waals surface area contributed by atoms with Crippen molar-refractivity contribution >= 4 is 17.9 Å². The summed E-state index contributed by atoms with van der Waals surface area (Å²) in [5.41, 5.74) is 0.535. The highest BCUT2D eigenvalue weighted by molar-refractivity contribution is 5.90. The van der Waals surface area contributed by atoms with E-state index in [1.54, 1.807) is 72.8 Å². The fraction of sp³-hybridized carbons (Fsp3) is 0.300. The number of methoxy groups -OCH3 is 2. The quantitative estimate of drug-likeness (QED) is 0.249. The fourth-order valence-corrected chi connectivity index (χ4v) is 3.56. The first-order valence-corrected chi connectivity index (χ1v) is 12.3. The zero-order valence-electron chi connectivity index (χ0n) is 22.2. The zero-order valence-corrected chi connectivity index (χ0v) is 22.2. The van der Waals surface area contributed by atoms with Crippen LogP contribution in [-0.2, 0) is 20.8 Å². The van der Waals surface area contributed by atoms with E-state index in [4.69, 9.17) is 23.7 Å². The number of aliphatic hydroxyl groups excluding tert-OH is 1. The second-order valence-electron chi connectivity index (χ2n) is 8.90. The average molecular weight is 537 g/mol. The van der Waals surface area contributed by atoms with Crippen molar-refractivity contribution in [1.29, 1.82) is 0 Å². The highest BCUT2D eigenvalue weighted by Gasteiger charge is 2.35. The maximum absolute atomic E-state index is 12.8. The van der Waals surface area contributed by atoms with Gasteiger partial charge in [0.15, 0.2) is 0 Å². The van der Waals surface area contributed by atoms with E-state index in [0.29, 0.717) is 34.6 Å². The van der Waals surface area contributed by atoms with Crippen LogP contribution in [0.3, 0.4) is 0 Å². The molecule has 0 saturated heterocycles. The summed E-state index contributed by atoms with van der Waals surface area (Å²) < 4.78 is 27.1. The van der Waals surface area contributed by atoms with Crippen LogP contribution in [0.25, 0.3) is 0 Å². The molecule has 0 saturated carbocycles. The molecule has 3 rings (SSSR count). The number of hydrogen-bond acceptors (Lipinski definition) is 9. The molecule has 0 aliphatic rings. The molecule has 0 amide bonds. The van der Waals surface area contributed by atoms with E-state index in [0.717, 1.165) is 0 Å². The summed E-state index contributed by atoms with van der Waals surface area (Å²) in [6, 6.07) is 19.3. The lowest BCUT2D eigenvalue weighted by Gasteiger charge is -2.31. The van der Waals surface area contributed by atoms with Gasteiger partial charge in [-0.05, 0) is 66.6 Å². The zero-order chi connectivity index (χ0) is 28.3. The Balaban J connectivity index is 1.74. The maximum atomic E-state index is 12.8. The summed E-state index contributed by atoms with van der Waals surface area (Å²) in [7, 11) is 3.02. The summed E-state index contributed by atoms with van der Waals surface area (Å²) in [5, 5.41) is 9.22. The van der Waals surface area contributed by atoms with Crippen molar-refractivity contribution in [2.45, 2.75) is 20.0 Å². The third-order valence-corrected chi connectivity index (χ3v) is 6.28. The Morgan fingerprint density at radius 2 is 1.15 bits per heavy atom. The first-order valence-electron chi connectivity index (χ1n) is 12.3. The van der Waals surface area contributed by atoms with Crippen molar-refractivity contribution in [3.05, 3.63) is 95.1 Å². The van der Waals surface area contributed by atoms with Crippen LogP contribution in [0.15, 0.2) is 72.8 Å². The monoisotopic (exact) mass is 536 g/mol. The van der Waals surface area contributed by atoms with Crippen LogP contribution >= 0.6 is 0 Å². The Labute approximate surface area is 227 Å². The molecule has 206 valence electrons. The summed E-state index contributed by atoms with van der Waals surface area (Å²) in [5.74, 6) is -0.684. The predicted molar refractivity (Wildman–Crippen MR) is 142 cm³/mol. The van der Waals surface area contributed by atoms with Crippen LogP contribution < -0.4 is 9.47 Å². The van der Waals surface area contributed by atoms with Crippen molar-refractivity contribution in [3.63, 3.8) is 0 Å². The topological polar surface area (TPSA) is 118 Å². The number of rotatable bonds is 13. The molecule has 39 heavy (non-hydrogen) atoms. The number of benzene rings is 3. The molecule has 1 N–H and O–H groups in total. The van der Waals surface area contributed by atoms with Gasteiger partial charge in [-0.15, -0.1) is 0 Å². The fourth-order valence-electron chi connectivity index (χ4n) is 3.56. The summed E-state index contributed by atoms with van der Waals surface area (Å²) in [6.45, 7) is 1.16. The smallest absolute Gasteiger partial charge is 0.338 e. The first-order chi connectivity index (χ1) is 18.8. The minimum Gasteiger partial charge on any atom is -0.497 e. The number of aliphatic hydroxyl groups is 1. The third-order valence-electron chi connectivity index (χ3n) is 6.28. The van der Waals surface area contributed by atoms with Crippen LogP contribution in [0.4, 0.5) is 0 Å². The molecular formula is C30H32O9. The van der Waals surface area contributed by atoms with E-state index in [2.05, 4.69) is 0 Å². The predicted octanol–water partition coefficient (Wildman–Crippen LogP) is 4.46. The Bertz CT molecular complexity index is 1190. The summed E-state index contributed by atoms with van der Waals surface area (Å²) in [6.07, 6.45) is 0.366. The normalized spacial score (nSPS) is 12.1. The van der Waals surface area contributed by atoms with Crippen molar-refractivity contribution < 1.29 is 43.2 Å². The van der Waals surface area contributed by atoms with Gasteiger partial charge in [-0.1, -0.05) is 25.1 Å². The molecule has 0 bridgehead atoms. The molecule has 0 aliphatic carbocycles. The molecule has 0 aliphatic heterocycles. The van der Waals surface area contributed by atoms with Gasteiger partial charge >= 0.3 is 17.9 Å². The van der Waals surface area contributed by atoms with Gasteiger partial charge in [-0.2, -0.15) is 0 Å². The number of carbonyl (C=O) groups excluding carboxylic acids is 3. The van der Waals surface area contributed by atoms with E-state index in [-0.39, 0.29) is 32.0 Å². The standard InChI is InChI=1S/C30H32O9/c1-4-30(18-37-27(32)22-10-8-21(17-31)9-11-22,19-38-28(33)23-12-14-25(35-2)15-13-23)20-39-29(34)24-6-5-7-26(16-24)36-3/h5-16,31H,4,17-20H2,1-3H3. The van der Waals surface area contributed by atoms with Crippen molar-refractivity contribution in [1.82, 2.24) is 0 Å². The summed E-state index contributed by atoms with van der Waals surface area (Å²) >= 11 is 0. The van der Waals surface area contributed by atoms with Crippen LogP contribution in [-0.4, -0.2) is 57.1 Å². The Morgan fingerprint density at radius 3 is 1.62 bits per heavy atom. The van der Waals surface area contributed by atoms with Gasteiger partial charge in [-0.3, -0.25) is 0 Å². The second kappa shape index (κ2) is 14.0. The van der Waals surface area contributed by atoms with Crippen molar-refractivity contribution in [2.75, 3.05) is 34.0 Å². The molecule has 0 fully saturated rings. The molecule has 1 unspecified atom stereocenters. The van der Waals surface area contributed by atoms with E-state index >= 15 is 0 Å². The SMILES string of the molecule is CCC(COC(=O)c1ccc(CO)cc1)(COC(=O)c1ccc(OC)cc1)COC(=O)c1cccc(OC)c1. The van der Waals surface area contributed by atoms with E-state index in [1.807, 2.05) is 6.92 Å². The van der Waals surface area contributed by atoms with Crippen LogP contribution in [0.1, 0.15) is 50.0 Å². The average Bonchev–Trinajstić information content (AvgIpc) is 3.00.